The Morgan fingerprint density at radius 3 is 2.62 bits per heavy atom. The zero-order chi connectivity index (χ0) is 17.7. The Kier molecular flexibility index (Phi) is 5.84. The van der Waals surface area contributed by atoms with E-state index in [1.165, 1.54) is 31.2 Å². The molecule has 2 aromatic rings. The van der Waals surface area contributed by atoms with Crippen molar-refractivity contribution in [2.24, 2.45) is 0 Å². The number of aromatic nitrogens is 2. The molecule has 130 valence electrons. The van der Waals surface area contributed by atoms with Crippen molar-refractivity contribution in [1.29, 1.82) is 0 Å². The van der Waals surface area contributed by atoms with Gasteiger partial charge in [-0.25, -0.2) is 12.8 Å². The number of carbonyl (C=O) groups is 1. The Bertz CT molecular complexity index is 806. The highest BCUT2D eigenvalue weighted by Crippen LogP contribution is 2.22. The third-order valence-corrected chi connectivity index (χ3v) is 6.08. The van der Waals surface area contributed by atoms with Crippen molar-refractivity contribution in [2.75, 3.05) is 11.1 Å². The number of benzene rings is 1. The number of sulfone groups is 1. The second-order valence-corrected chi connectivity index (χ2v) is 8.16. The molecule has 0 aliphatic rings. The molecule has 0 saturated heterocycles. The summed E-state index contributed by atoms with van der Waals surface area (Å²) in [6.45, 7) is 3.25. The standard InChI is InChI=1S/C14H16FN3O4S2/c1-3-8-24(20,21)14-18-17-13(23-14)16-12(19)9(2)22-11-6-4-10(15)5-7-11/h4-7,9H,3,8H2,1-2H3,(H,16,17,19)/t9-/m1/s1. The number of rotatable bonds is 7. The van der Waals surface area contributed by atoms with E-state index in [-0.39, 0.29) is 15.2 Å². The van der Waals surface area contributed by atoms with Crippen molar-refractivity contribution in [2.45, 2.75) is 30.7 Å². The average molecular weight is 373 g/mol. The highest BCUT2D eigenvalue weighted by Gasteiger charge is 2.22. The van der Waals surface area contributed by atoms with Crippen LogP contribution in [0.2, 0.25) is 0 Å². The summed E-state index contributed by atoms with van der Waals surface area (Å²) in [6.07, 6.45) is -0.415. The first kappa shape index (κ1) is 18.3. The average Bonchev–Trinajstić information content (AvgIpc) is 2.99. The van der Waals surface area contributed by atoms with Gasteiger partial charge in [-0.05, 0) is 37.6 Å². The molecular weight excluding hydrogens is 357 g/mol. The van der Waals surface area contributed by atoms with Crippen LogP contribution in [-0.4, -0.2) is 36.4 Å². The summed E-state index contributed by atoms with van der Waals surface area (Å²) in [7, 11) is -3.47. The lowest BCUT2D eigenvalue weighted by Gasteiger charge is -2.13. The van der Waals surface area contributed by atoms with Gasteiger partial charge in [0.2, 0.25) is 19.3 Å². The van der Waals surface area contributed by atoms with Gasteiger partial charge in [0, 0.05) is 0 Å². The van der Waals surface area contributed by atoms with E-state index in [1.807, 2.05) is 0 Å². The van der Waals surface area contributed by atoms with Crippen LogP contribution in [-0.2, 0) is 14.6 Å². The number of amides is 1. The monoisotopic (exact) mass is 373 g/mol. The van der Waals surface area contributed by atoms with Crippen LogP contribution in [0, 0.1) is 5.82 Å². The zero-order valence-corrected chi connectivity index (χ0v) is 14.7. The summed E-state index contributed by atoms with van der Waals surface area (Å²) in [6, 6.07) is 5.24. The van der Waals surface area contributed by atoms with Gasteiger partial charge in [-0.3, -0.25) is 10.1 Å². The number of anilines is 1. The Balaban J connectivity index is 1.99. The number of hydrogen-bond donors (Lipinski definition) is 1. The number of nitrogens with one attached hydrogen (secondary N) is 1. The molecule has 0 radical (unpaired) electrons. The molecule has 1 aromatic heterocycles. The minimum Gasteiger partial charge on any atom is -0.481 e. The molecule has 1 heterocycles. The molecular formula is C14H16FN3O4S2. The molecule has 1 atom stereocenters. The Hall–Kier alpha value is -2.07. The molecule has 0 aliphatic carbocycles. The lowest BCUT2D eigenvalue weighted by atomic mass is 10.3. The highest BCUT2D eigenvalue weighted by molar-refractivity contribution is 7.93. The lowest BCUT2D eigenvalue weighted by molar-refractivity contribution is -0.122. The van der Waals surface area contributed by atoms with Crippen molar-refractivity contribution in [3.63, 3.8) is 0 Å². The third-order valence-electron chi connectivity index (χ3n) is 2.87. The van der Waals surface area contributed by atoms with Crippen LogP contribution >= 0.6 is 11.3 Å². The molecule has 1 amide bonds. The highest BCUT2D eigenvalue weighted by atomic mass is 32.2. The number of nitrogens with zero attached hydrogens (tertiary/aromatic N) is 2. The van der Waals surface area contributed by atoms with E-state index >= 15 is 0 Å². The summed E-state index contributed by atoms with van der Waals surface area (Å²) in [5.74, 6) is -0.619. The van der Waals surface area contributed by atoms with Gasteiger partial charge < -0.3 is 4.74 Å². The van der Waals surface area contributed by atoms with Crippen LogP contribution in [0.5, 0.6) is 5.75 Å². The second-order valence-electron chi connectivity index (χ2n) is 4.90. The molecule has 7 nitrogen and oxygen atoms in total. The third kappa shape index (κ3) is 4.71. The maximum Gasteiger partial charge on any atom is 0.266 e. The molecule has 0 spiro atoms. The first-order chi connectivity index (χ1) is 11.3. The number of ether oxygens (including phenoxy) is 1. The quantitative estimate of drug-likeness (QED) is 0.748. The predicted molar refractivity (Wildman–Crippen MR) is 87.4 cm³/mol. The Morgan fingerprint density at radius 1 is 1.33 bits per heavy atom. The largest absolute Gasteiger partial charge is 0.481 e. The van der Waals surface area contributed by atoms with E-state index in [0.29, 0.717) is 12.2 Å². The first-order valence-electron chi connectivity index (χ1n) is 7.11. The maximum atomic E-state index is 12.8. The SMILES string of the molecule is CCCS(=O)(=O)c1nnc(NC(=O)[C@@H](C)Oc2ccc(F)cc2)s1. The van der Waals surface area contributed by atoms with E-state index in [4.69, 9.17) is 4.74 Å². The van der Waals surface area contributed by atoms with E-state index in [1.54, 1.807) is 6.92 Å². The molecule has 1 N–H and O–H groups in total. The van der Waals surface area contributed by atoms with Crippen molar-refractivity contribution in [3.8, 4) is 5.75 Å². The van der Waals surface area contributed by atoms with Gasteiger partial charge in [0.25, 0.3) is 5.91 Å². The fraction of sp³-hybridized carbons (Fsp3) is 0.357. The minimum atomic E-state index is -3.47. The van der Waals surface area contributed by atoms with Gasteiger partial charge >= 0.3 is 0 Å². The van der Waals surface area contributed by atoms with Crippen molar-refractivity contribution in [3.05, 3.63) is 30.1 Å². The molecule has 0 saturated carbocycles. The maximum absolute atomic E-state index is 12.8. The number of carbonyl (C=O) groups excluding carboxylic acids is 1. The van der Waals surface area contributed by atoms with Gasteiger partial charge in [-0.1, -0.05) is 18.3 Å². The summed E-state index contributed by atoms with van der Waals surface area (Å²) in [5, 5.41) is 9.78. The molecule has 0 unspecified atom stereocenters. The van der Waals surface area contributed by atoms with Gasteiger partial charge in [0.05, 0.1) is 5.75 Å². The van der Waals surface area contributed by atoms with Crippen LogP contribution in [0.15, 0.2) is 28.6 Å². The number of halogens is 1. The molecule has 0 aliphatic heterocycles. The topological polar surface area (TPSA) is 98.3 Å². The van der Waals surface area contributed by atoms with Crippen LogP contribution in [0.25, 0.3) is 0 Å². The fourth-order valence-corrected chi connectivity index (χ4v) is 4.07. The van der Waals surface area contributed by atoms with E-state index in [2.05, 4.69) is 15.5 Å². The predicted octanol–water partition coefficient (Wildman–Crippen LogP) is 2.27. The Labute approximate surface area is 142 Å². The summed E-state index contributed by atoms with van der Waals surface area (Å²) in [4.78, 5) is 12.0. The molecule has 0 bridgehead atoms. The van der Waals surface area contributed by atoms with Gasteiger partial charge in [-0.15, -0.1) is 10.2 Å². The lowest BCUT2D eigenvalue weighted by Crippen LogP contribution is -2.30. The van der Waals surface area contributed by atoms with Crippen LogP contribution in [0.1, 0.15) is 20.3 Å². The Morgan fingerprint density at radius 2 is 2.00 bits per heavy atom. The minimum absolute atomic E-state index is 0.0281. The van der Waals surface area contributed by atoms with Crippen LogP contribution in [0.4, 0.5) is 9.52 Å². The second kappa shape index (κ2) is 7.67. The van der Waals surface area contributed by atoms with E-state index in [9.17, 15) is 17.6 Å². The molecule has 24 heavy (non-hydrogen) atoms. The zero-order valence-electron chi connectivity index (χ0n) is 13.0. The fourth-order valence-electron chi connectivity index (χ4n) is 1.72. The summed E-state index contributed by atoms with van der Waals surface area (Å²) >= 11 is 0.786. The number of hydrogen-bond acceptors (Lipinski definition) is 7. The van der Waals surface area contributed by atoms with Crippen LogP contribution < -0.4 is 10.1 Å². The van der Waals surface area contributed by atoms with Gasteiger partial charge in [0.15, 0.2) is 6.10 Å². The summed E-state index contributed by atoms with van der Waals surface area (Å²) in [5.41, 5.74) is 0. The smallest absolute Gasteiger partial charge is 0.266 e. The molecule has 2 rings (SSSR count). The molecule has 10 heteroatoms. The van der Waals surface area contributed by atoms with E-state index in [0.717, 1.165) is 11.3 Å². The summed E-state index contributed by atoms with van der Waals surface area (Å²) < 4.78 is 41.8. The van der Waals surface area contributed by atoms with Crippen LogP contribution in [0.3, 0.4) is 0 Å². The van der Waals surface area contributed by atoms with Gasteiger partial charge in [0.1, 0.15) is 11.6 Å². The molecule has 1 aromatic carbocycles. The first-order valence-corrected chi connectivity index (χ1v) is 9.58. The van der Waals surface area contributed by atoms with Crippen molar-refractivity contribution in [1.82, 2.24) is 10.2 Å². The molecule has 0 fully saturated rings. The van der Waals surface area contributed by atoms with E-state index < -0.39 is 27.7 Å². The van der Waals surface area contributed by atoms with Crippen molar-refractivity contribution < 1.29 is 22.3 Å². The normalized spacial score (nSPS) is 12.6. The van der Waals surface area contributed by atoms with Gasteiger partial charge in [-0.2, -0.15) is 0 Å². The van der Waals surface area contributed by atoms with Crippen molar-refractivity contribution >= 4 is 32.2 Å².